The van der Waals surface area contributed by atoms with Crippen LogP contribution in [0.2, 0.25) is 0 Å². The van der Waals surface area contributed by atoms with E-state index in [2.05, 4.69) is 18.3 Å². The average molecular weight is 295 g/mol. The number of hydrogen-bond acceptors (Lipinski definition) is 3. The minimum absolute atomic E-state index is 0.105. The highest BCUT2D eigenvalue weighted by atomic mass is 32.1. The highest BCUT2D eigenvalue weighted by molar-refractivity contribution is 7.11. The van der Waals surface area contributed by atoms with Crippen LogP contribution in [0.1, 0.15) is 48.8 Å². The Labute approximate surface area is 123 Å². The van der Waals surface area contributed by atoms with Crippen molar-refractivity contribution < 1.29 is 14.7 Å². The predicted octanol–water partition coefficient (Wildman–Crippen LogP) is 2.96. The smallest absolute Gasteiger partial charge is 0.310 e. The number of rotatable bonds is 6. The fourth-order valence-corrected chi connectivity index (χ4v) is 3.68. The van der Waals surface area contributed by atoms with Crippen molar-refractivity contribution in [1.82, 2.24) is 5.32 Å². The molecule has 1 amide bonds. The minimum Gasteiger partial charge on any atom is -0.481 e. The monoisotopic (exact) mass is 295 g/mol. The second-order valence-corrected chi connectivity index (χ2v) is 6.72. The third-order valence-electron chi connectivity index (χ3n) is 4.04. The van der Waals surface area contributed by atoms with Gasteiger partial charge in [-0.2, -0.15) is 0 Å². The van der Waals surface area contributed by atoms with Crippen molar-refractivity contribution in [3.05, 3.63) is 21.9 Å². The number of hydrogen-bond donors (Lipinski definition) is 2. The summed E-state index contributed by atoms with van der Waals surface area (Å²) in [7, 11) is 0. The largest absolute Gasteiger partial charge is 0.481 e. The van der Waals surface area contributed by atoms with Gasteiger partial charge in [-0.1, -0.05) is 19.8 Å². The normalized spacial score (nSPS) is 17.1. The summed E-state index contributed by atoms with van der Waals surface area (Å²) < 4.78 is 0. The van der Waals surface area contributed by atoms with Gasteiger partial charge in [-0.15, -0.1) is 11.3 Å². The van der Waals surface area contributed by atoms with Gasteiger partial charge in [0.1, 0.15) is 0 Å². The summed E-state index contributed by atoms with van der Waals surface area (Å²) in [6, 6.07) is 4.09. The Morgan fingerprint density at radius 2 is 1.95 bits per heavy atom. The first-order chi connectivity index (χ1) is 9.55. The molecule has 2 N–H and O–H groups in total. The highest BCUT2D eigenvalue weighted by Gasteiger charge is 2.42. The number of carbonyl (C=O) groups is 2. The molecule has 0 spiro atoms. The summed E-state index contributed by atoms with van der Waals surface area (Å²) in [5.74, 6) is -0.977. The van der Waals surface area contributed by atoms with Crippen molar-refractivity contribution in [3.63, 3.8) is 0 Å². The Morgan fingerprint density at radius 3 is 2.50 bits per heavy atom. The van der Waals surface area contributed by atoms with Gasteiger partial charge in [0.2, 0.25) is 5.91 Å². The number of carboxylic acid groups (broad SMARTS) is 1. The van der Waals surface area contributed by atoms with Crippen LogP contribution in [-0.2, 0) is 22.6 Å². The molecule has 1 saturated carbocycles. The molecule has 1 aromatic heterocycles. The summed E-state index contributed by atoms with van der Waals surface area (Å²) in [4.78, 5) is 25.8. The SMILES string of the molecule is CCc1ccc(CNC(=O)CC2(C(=O)O)CCCC2)s1. The molecule has 5 heteroatoms. The molecule has 0 atom stereocenters. The molecule has 2 rings (SSSR count). The number of thiophene rings is 1. The predicted molar refractivity (Wildman–Crippen MR) is 78.7 cm³/mol. The molecular formula is C15H21NO3S. The van der Waals surface area contributed by atoms with Gasteiger partial charge in [0.25, 0.3) is 0 Å². The lowest BCUT2D eigenvalue weighted by Gasteiger charge is -2.22. The van der Waals surface area contributed by atoms with Crippen LogP contribution in [0.25, 0.3) is 0 Å². The molecule has 0 aliphatic heterocycles. The van der Waals surface area contributed by atoms with Crippen LogP contribution in [0.5, 0.6) is 0 Å². The molecule has 1 heterocycles. The number of carbonyl (C=O) groups excluding carboxylic acids is 1. The number of nitrogens with one attached hydrogen (secondary N) is 1. The molecule has 0 saturated heterocycles. The van der Waals surface area contributed by atoms with Gasteiger partial charge in [0.15, 0.2) is 0 Å². The fraction of sp³-hybridized carbons (Fsp3) is 0.600. The summed E-state index contributed by atoms with van der Waals surface area (Å²) in [5, 5.41) is 12.2. The number of aliphatic carboxylic acids is 1. The molecule has 0 radical (unpaired) electrons. The lowest BCUT2D eigenvalue weighted by Crippen LogP contribution is -2.35. The third kappa shape index (κ3) is 3.39. The van der Waals surface area contributed by atoms with Gasteiger partial charge >= 0.3 is 5.97 Å². The Balaban J connectivity index is 1.87. The molecule has 110 valence electrons. The third-order valence-corrected chi connectivity index (χ3v) is 5.27. The molecule has 0 bridgehead atoms. The van der Waals surface area contributed by atoms with Crippen molar-refractivity contribution in [2.75, 3.05) is 0 Å². The zero-order chi connectivity index (χ0) is 14.6. The molecule has 4 nitrogen and oxygen atoms in total. The Hall–Kier alpha value is -1.36. The first kappa shape index (κ1) is 15.0. The Kier molecular flexibility index (Phi) is 4.81. The number of carboxylic acids is 1. The molecule has 1 aliphatic carbocycles. The van der Waals surface area contributed by atoms with Crippen molar-refractivity contribution in [2.24, 2.45) is 5.41 Å². The van der Waals surface area contributed by atoms with E-state index in [1.165, 1.54) is 4.88 Å². The van der Waals surface area contributed by atoms with Gasteiger partial charge in [0, 0.05) is 16.2 Å². The molecule has 1 aliphatic rings. The van der Waals surface area contributed by atoms with Crippen LogP contribution in [0.4, 0.5) is 0 Å². The van der Waals surface area contributed by atoms with E-state index in [4.69, 9.17) is 0 Å². The van der Waals surface area contributed by atoms with Gasteiger partial charge in [-0.25, -0.2) is 0 Å². The first-order valence-corrected chi connectivity index (χ1v) is 7.95. The van der Waals surface area contributed by atoms with Crippen LogP contribution in [0.3, 0.4) is 0 Å². The minimum atomic E-state index is -0.825. The van der Waals surface area contributed by atoms with Crippen LogP contribution >= 0.6 is 11.3 Å². The summed E-state index contributed by atoms with van der Waals surface area (Å²) >= 11 is 1.69. The van der Waals surface area contributed by atoms with E-state index in [1.807, 2.05) is 6.07 Å². The van der Waals surface area contributed by atoms with E-state index in [0.29, 0.717) is 19.4 Å². The van der Waals surface area contributed by atoms with E-state index in [-0.39, 0.29) is 12.3 Å². The Bertz CT molecular complexity index is 489. The van der Waals surface area contributed by atoms with Crippen LogP contribution < -0.4 is 5.32 Å². The van der Waals surface area contributed by atoms with Crippen LogP contribution in [0.15, 0.2) is 12.1 Å². The van der Waals surface area contributed by atoms with E-state index < -0.39 is 11.4 Å². The molecule has 20 heavy (non-hydrogen) atoms. The van der Waals surface area contributed by atoms with Crippen LogP contribution in [0, 0.1) is 5.41 Å². The van der Waals surface area contributed by atoms with Crippen molar-refractivity contribution in [1.29, 1.82) is 0 Å². The second kappa shape index (κ2) is 6.39. The lowest BCUT2D eigenvalue weighted by molar-refractivity contribution is -0.151. The van der Waals surface area contributed by atoms with Gasteiger partial charge in [-0.05, 0) is 31.4 Å². The average Bonchev–Trinajstić information content (AvgIpc) is 3.05. The van der Waals surface area contributed by atoms with E-state index in [9.17, 15) is 14.7 Å². The maximum absolute atomic E-state index is 12.0. The Morgan fingerprint density at radius 1 is 1.30 bits per heavy atom. The zero-order valence-electron chi connectivity index (χ0n) is 11.8. The maximum Gasteiger partial charge on any atom is 0.310 e. The summed E-state index contributed by atoms with van der Waals surface area (Å²) in [5.41, 5.74) is -0.825. The number of amides is 1. The van der Waals surface area contributed by atoms with E-state index in [0.717, 1.165) is 24.1 Å². The summed E-state index contributed by atoms with van der Waals surface area (Å²) in [6.45, 7) is 2.60. The lowest BCUT2D eigenvalue weighted by atomic mass is 9.82. The van der Waals surface area contributed by atoms with Gasteiger partial charge < -0.3 is 10.4 Å². The number of aryl methyl sites for hydroxylation is 1. The van der Waals surface area contributed by atoms with E-state index in [1.54, 1.807) is 11.3 Å². The maximum atomic E-state index is 12.0. The first-order valence-electron chi connectivity index (χ1n) is 7.13. The topological polar surface area (TPSA) is 66.4 Å². The molecule has 1 aromatic rings. The van der Waals surface area contributed by atoms with Crippen molar-refractivity contribution >= 4 is 23.2 Å². The van der Waals surface area contributed by atoms with Gasteiger partial charge in [-0.3, -0.25) is 9.59 Å². The zero-order valence-corrected chi connectivity index (χ0v) is 12.6. The van der Waals surface area contributed by atoms with Crippen molar-refractivity contribution in [2.45, 2.75) is 52.0 Å². The molecule has 0 aromatic carbocycles. The van der Waals surface area contributed by atoms with E-state index >= 15 is 0 Å². The van der Waals surface area contributed by atoms with Gasteiger partial charge in [0.05, 0.1) is 12.0 Å². The molecule has 1 fully saturated rings. The standard InChI is InChI=1S/C15H21NO3S/c1-2-11-5-6-12(20-11)10-16-13(17)9-15(14(18)19)7-3-4-8-15/h5-6H,2-4,7-10H2,1H3,(H,16,17)(H,18,19). The summed E-state index contributed by atoms with van der Waals surface area (Å²) in [6.07, 6.45) is 4.16. The molecule has 0 unspecified atom stereocenters. The fourth-order valence-electron chi connectivity index (χ4n) is 2.78. The van der Waals surface area contributed by atoms with Crippen LogP contribution in [-0.4, -0.2) is 17.0 Å². The van der Waals surface area contributed by atoms with Crippen molar-refractivity contribution in [3.8, 4) is 0 Å². The second-order valence-electron chi connectivity index (χ2n) is 5.47. The quantitative estimate of drug-likeness (QED) is 0.848. The molecular weight excluding hydrogens is 274 g/mol. The highest BCUT2D eigenvalue weighted by Crippen LogP contribution is 2.41.